The molecule has 11 heteroatoms. The highest BCUT2D eigenvalue weighted by molar-refractivity contribution is 7.15. The third-order valence-electron chi connectivity index (χ3n) is 5.35. The first-order chi connectivity index (χ1) is 16.6. The third kappa shape index (κ3) is 6.54. The van der Waals surface area contributed by atoms with Crippen LogP contribution in [0.3, 0.4) is 0 Å². The van der Waals surface area contributed by atoms with Gasteiger partial charge < -0.3 is 24.4 Å². The van der Waals surface area contributed by atoms with E-state index in [0.29, 0.717) is 24.4 Å². The van der Waals surface area contributed by atoms with Gasteiger partial charge in [-0.3, -0.25) is 0 Å². The van der Waals surface area contributed by atoms with Crippen LogP contribution in [0.4, 0.5) is 9.18 Å². The van der Waals surface area contributed by atoms with Gasteiger partial charge in [-0.05, 0) is 45.4 Å². The highest BCUT2D eigenvalue weighted by atomic mass is 32.1. The van der Waals surface area contributed by atoms with Crippen molar-refractivity contribution in [1.29, 1.82) is 5.26 Å². The van der Waals surface area contributed by atoms with Gasteiger partial charge in [-0.15, -0.1) is 11.3 Å². The number of halogens is 1. The number of nitrogens with one attached hydrogen (secondary N) is 1. The zero-order valence-electron chi connectivity index (χ0n) is 20.4. The van der Waals surface area contributed by atoms with E-state index in [1.54, 1.807) is 12.0 Å². The van der Waals surface area contributed by atoms with E-state index in [1.165, 1.54) is 25.3 Å². The largest absolute Gasteiger partial charge is 0.464 e. The summed E-state index contributed by atoms with van der Waals surface area (Å²) in [5, 5.41) is 12.8. The van der Waals surface area contributed by atoms with Crippen LogP contribution in [0.1, 0.15) is 48.1 Å². The van der Waals surface area contributed by atoms with Crippen molar-refractivity contribution in [2.75, 3.05) is 27.4 Å². The summed E-state index contributed by atoms with van der Waals surface area (Å²) in [7, 11) is 2.83. The number of aromatic nitrogens is 1. The first-order valence-corrected chi connectivity index (χ1v) is 11.9. The van der Waals surface area contributed by atoms with E-state index >= 15 is 0 Å². The maximum atomic E-state index is 14.5. The molecule has 0 spiro atoms. The highest BCUT2D eigenvalue weighted by Gasteiger charge is 2.37. The molecule has 0 bridgehead atoms. The summed E-state index contributed by atoms with van der Waals surface area (Å²) in [4.78, 5) is 31.6. The van der Waals surface area contributed by atoms with Crippen LogP contribution in [0.15, 0.2) is 18.2 Å². The van der Waals surface area contributed by atoms with Gasteiger partial charge in [0.1, 0.15) is 16.4 Å². The molecule has 3 rings (SSSR count). The van der Waals surface area contributed by atoms with Gasteiger partial charge in [0.25, 0.3) is 0 Å². The monoisotopic (exact) mass is 504 g/mol. The van der Waals surface area contributed by atoms with Crippen molar-refractivity contribution in [2.24, 2.45) is 0 Å². The number of ether oxygens (including phenoxy) is 3. The fraction of sp³-hybridized carbons (Fsp3) is 0.500. The predicted molar refractivity (Wildman–Crippen MR) is 127 cm³/mol. The lowest BCUT2D eigenvalue weighted by atomic mass is 10.1. The minimum atomic E-state index is -0.639. The van der Waals surface area contributed by atoms with E-state index in [-0.39, 0.29) is 40.5 Å². The molecule has 2 atom stereocenters. The van der Waals surface area contributed by atoms with Crippen LogP contribution in [-0.2, 0) is 20.8 Å². The summed E-state index contributed by atoms with van der Waals surface area (Å²) < 4.78 is 30.1. The van der Waals surface area contributed by atoms with Crippen molar-refractivity contribution in [3.05, 3.63) is 40.2 Å². The smallest absolute Gasteiger partial charge is 0.410 e. The van der Waals surface area contributed by atoms with Crippen molar-refractivity contribution in [1.82, 2.24) is 15.2 Å². The zero-order chi connectivity index (χ0) is 25.8. The molecule has 2 heterocycles. The van der Waals surface area contributed by atoms with E-state index < -0.39 is 23.5 Å². The van der Waals surface area contributed by atoms with Gasteiger partial charge in [-0.2, -0.15) is 5.26 Å². The number of hydrogen-bond donors (Lipinski definition) is 1. The molecule has 1 saturated heterocycles. The first-order valence-electron chi connectivity index (χ1n) is 11.1. The van der Waals surface area contributed by atoms with Crippen LogP contribution < -0.4 is 5.32 Å². The maximum absolute atomic E-state index is 14.5. The minimum absolute atomic E-state index is 0.0807. The molecule has 1 fully saturated rings. The molecule has 0 saturated carbocycles. The number of thiazole rings is 1. The van der Waals surface area contributed by atoms with Crippen molar-refractivity contribution in [3.8, 4) is 16.6 Å². The molecule has 1 N–H and O–H groups in total. The number of hydrogen-bond acceptors (Lipinski definition) is 9. The number of rotatable bonds is 7. The first kappa shape index (κ1) is 26.5. The van der Waals surface area contributed by atoms with Gasteiger partial charge in [-0.25, -0.2) is 19.0 Å². The Hall–Kier alpha value is -3.07. The second kappa shape index (κ2) is 11.1. The second-order valence-electron chi connectivity index (χ2n) is 9.14. The van der Waals surface area contributed by atoms with Gasteiger partial charge in [0.05, 0.1) is 36.3 Å². The van der Waals surface area contributed by atoms with Crippen LogP contribution in [-0.4, -0.2) is 67.0 Å². The van der Waals surface area contributed by atoms with Gasteiger partial charge in [-0.1, -0.05) is 0 Å². The number of carbonyl (C=O) groups is 2. The number of carbonyl (C=O) groups excluding carboxylic acids is 2. The standard InChI is InChI=1S/C24H29FN4O5S/c1-24(2,3)34-23(31)29-12-15(9-16(29)13-32-4)27-11-19-20(22(30)33-5)28-21(35-19)17-8-14(10-26)6-7-18(17)25/h6-8,15-16,27H,9,11-13H2,1-5H3/t15-,16+/m1/s1. The van der Waals surface area contributed by atoms with E-state index in [4.69, 9.17) is 19.5 Å². The van der Waals surface area contributed by atoms with Crippen molar-refractivity contribution < 1.29 is 28.2 Å². The molecule has 9 nitrogen and oxygen atoms in total. The Morgan fingerprint density at radius 1 is 1.34 bits per heavy atom. The molecule has 35 heavy (non-hydrogen) atoms. The topological polar surface area (TPSA) is 114 Å². The van der Waals surface area contributed by atoms with E-state index in [1.807, 2.05) is 26.8 Å². The summed E-state index contributed by atoms with van der Waals surface area (Å²) in [5.41, 5.74) is -0.111. The lowest BCUT2D eigenvalue weighted by molar-refractivity contribution is 0.0146. The Balaban J connectivity index is 1.79. The summed E-state index contributed by atoms with van der Waals surface area (Å²) >= 11 is 1.15. The Morgan fingerprint density at radius 2 is 2.09 bits per heavy atom. The average Bonchev–Trinajstić information content (AvgIpc) is 3.41. The number of nitriles is 1. The minimum Gasteiger partial charge on any atom is -0.464 e. The molecule has 1 aromatic carbocycles. The van der Waals surface area contributed by atoms with Gasteiger partial charge in [0.2, 0.25) is 0 Å². The Labute approximate surface area is 207 Å². The fourth-order valence-electron chi connectivity index (χ4n) is 3.80. The van der Waals surface area contributed by atoms with Crippen molar-refractivity contribution in [3.63, 3.8) is 0 Å². The number of amides is 1. The number of likely N-dealkylation sites (tertiary alicyclic amines) is 1. The summed E-state index contributed by atoms with van der Waals surface area (Å²) in [6.45, 7) is 6.46. The predicted octanol–water partition coefficient (Wildman–Crippen LogP) is 3.72. The van der Waals surface area contributed by atoms with Crippen molar-refractivity contribution in [2.45, 2.75) is 51.4 Å². The SMILES string of the molecule is COC[C@@H]1C[C@@H](NCc2sc(-c3cc(C#N)ccc3F)nc2C(=O)OC)CN1C(=O)OC(C)(C)C. The number of nitrogens with zero attached hydrogens (tertiary/aromatic N) is 3. The Kier molecular flexibility index (Phi) is 8.43. The van der Waals surface area contributed by atoms with Gasteiger partial charge in [0.15, 0.2) is 5.69 Å². The Bertz CT molecular complexity index is 1120. The third-order valence-corrected chi connectivity index (χ3v) is 6.44. The molecule has 2 aromatic rings. The molecule has 1 aliphatic heterocycles. The molecule has 188 valence electrons. The summed E-state index contributed by atoms with van der Waals surface area (Å²) in [5.74, 6) is -1.18. The second-order valence-corrected chi connectivity index (χ2v) is 10.2. The molecule has 1 aliphatic rings. The number of methoxy groups -OCH3 is 2. The molecule has 1 aromatic heterocycles. The normalized spacial score (nSPS) is 17.8. The number of benzene rings is 1. The highest BCUT2D eigenvalue weighted by Crippen LogP contribution is 2.32. The van der Waals surface area contributed by atoms with Gasteiger partial charge >= 0.3 is 12.1 Å². The summed E-state index contributed by atoms with van der Waals surface area (Å²) in [6, 6.07) is 5.71. The van der Waals surface area contributed by atoms with E-state index in [2.05, 4.69) is 10.3 Å². The van der Waals surface area contributed by atoms with Crippen LogP contribution in [0, 0.1) is 17.1 Å². The molecule has 0 unspecified atom stereocenters. The van der Waals surface area contributed by atoms with Crippen LogP contribution in [0.5, 0.6) is 0 Å². The van der Waals surface area contributed by atoms with E-state index in [0.717, 1.165) is 11.3 Å². The quantitative estimate of drug-likeness (QED) is 0.568. The van der Waals surface area contributed by atoms with Crippen molar-refractivity contribution >= 4 is 23.4 Å². The van der Waals surface area contributed by atoms with Gasteiger partial charge in [0, 0.05) is 31.8 Å². The molecular weight excluding hydrogens is 475 g/mol. The molecule has 0 aliphatic carbocycles. The van der Waals surface area contributed by atoms with E-state index in [9.17, 15) is 14.0 Å². The molecule has 1 amide bonds. The van der Waals surface area contributed by atoms with Crippen LogP contribution in [0.25, 0.3) is 10.6 Å². The maximum Gasteiger partial charge on any atom is 0.410 e. The zero-order valence-corrected chi connectivity index (χ0v) is 21.2. The lowest BCUT2D eigenvalue weighted by Crippen LogP contribution is -2.42. The number of esters is 1. The molecule has 0 radical (unpaired) electrons. The summed E-state index contributed by atoms with van der Waals surface area (Å²) in [6.07, 6.45) is 0.220. The molecular formula is C24H29FN4O5S. The average molecular weight is 505 g/mol. The van der Waals surface area contributed by atoms with Crippen LogP contribution >= 0.6 is 11.3 Å². The Morgan fingerprint density at radius 3 is 2.71 bits per heavy atom. The lowest BCUT2D eigenvalue weighted by Gasteiger charge is -2.28. The van der Waals surface area contributed by atoms with Crippen LogP contribution in [0.2, 0.25) is 0 Å². The fourth-order valence-corrected chi connectivity index (χ4v) is 4.82.